The number of para-hydroxylation sites is 2. The number of hydrogen-bond acceptors (Lipinski definition) is 4. The van der Waals surface area contributed by atoms with E-state index >= 15 is 0 Å². The Morgan fingerprint density at radius 2 is 1.81 bits per heavy atom. The molecular weight excluding hydrogens is 336 g/mol. The summed E-state index contributed by atoms with van der Waals surface area (Å²) < 4.78 is 0. The van der Waals surface area contributed by atoms with E-state index in [1.54, 1.807) is 6.20 Å². The van der Waals surface area contributed by atoms with E-state index in [0.717, 1.165) is 30.5 Å². The molecule has 0 radical (unpaired) electrons. The SMILES string of the molecule is O=C(NCC1CCCCN1Cc1ccccc1)c1cnc2ccccc2n1. The highest BCUT2D eigenvalue weighted by molar-refractivity contribution is 5.93. The summed E-state index contributed by atoms with van der Waals surface area (Å²) in [4.78, 5) is 23.8. The van der Waals surface area contributed by atoms with Gasteiger partial charge in [0.2, 0.25) is 0 Å². The zero-order valence-corrected chi connectivity index (χ0v) is 15.3. The fourth-order valence-electron chi connectivity index (χ4n) is 3.68. The van der Waals surface area contributed by atoms with Crippen LogP contribution in [-0.2, 0) is 6.54 Å². The highest BCUT2D eigenvalue weighted by atomic mass is 16.1. The number of aromatic nitrogens is 2. The zero-order chi connectivity index (χ0) is 18.5. The quantitative estimate of drug-likeness (QED) is 0.757. The van der Waals surface area contributed by atoms with Crippen molar-refractivity contribution >= 4 is 16.9 Å². The summed E-state index contributed by atoms with van der Waals surface area (Å²) in [6.45, 7) is 2.64. The van der Waals surface area contributed by atoms with Crippen LogP contribution in [0.25, 0.3) is 11.0 Å². The molecule has 3 aromatic rings. The fourth-order valence-corrected chi connectivity index (χ4v) is 3.68. The molecule has 0 saturated carbocycles. The summed E-state index contributed by atoms with van der Waals surface area (Å²) in [5.41, 5.74) is 3.24. The lowest BCUT2D eigenvalue weighted by Crippen LogP contribution is -2.46. The molecule has 1 atom stereocenters. The van der Waals surface area contributed by atoms with E-state index in [2.05, 4.69) is 44.5 Å². The van der Waals surface area contributed by atoms with Crippen LogP contribution >= 0.6 is 0 Å². The number of fused-ring (bicyclic) bond motifs is 1. The number of carbonyl (C=O) groups excluding carboxylic acids is 1. The molecule has 1 unspecified atom stereocenters. The first-order valence-electron chi connectivity index (χ1n) is 9.57. The van der Waals surface area contributed by atoms with Crippen molar-refractivity contribution in [3.63, 3.8) is 0 Å². The lowest BCUT2D eigenvalue weighted by atomic mass is 10.0. The molecule has 0 bridgehead atoms. The number of rotatable bonds is 5. The predicted molar refractivity (Wildman–Crippen MR) is 106 cm³/mol. The Hall–Kier alpha value is -2.79. The third-order valence-electron chi connectivity index (χ3n) is 5.16. The number of nitrogens with zero attached hydrogens (tertiary/aromatic N) is 3. The molecule has 2 aromatic carbocycles. The smallest absolute Gasteiger partial charge is 0.271 e. The van der Waals surface area contributed by atoms with Crippen molar-refractivity contribution in [2.75, 3.05) is 13.1 Å². The average Bonchev–Trinajstić information content (AvgIpc) is 2.73. The molecule has 1 aliphatic heterocycles. The maximum atomic E-state index is 12.6. The minimum absolute atomic E-state index is 0.154. The molecule has 1 amide bonds. The molecule has 1 fully saturated rings. The molecular formula is C22H24N4O. The summed E-state index contributed by atoms with van der Waals surface area (Å²) in [6, 6.07) is 18.5. The van der Waals surface area contributed by atoms with Gasteiger partial charge in [-0.25, -0.2) is 4.98 Å². The minimum Gasteiger partial charge on any atom is -0.349 e. The Morgan fingerprint density at radius 3 is 2.67 bits per heavy atom. The van der Waals surface area contributed by atoms with Crippen LogP contribution in [0.2, 0.25) is 0 Å². The molecule has 5 heteroatoms. The highest BCUT2D eigenvalue weighted by Crippen LogP contribution is 2.19. The number of likely N-dealkylation sites (tertiary alicyclic amines) is 1. The third kappa shape index (κ3) is 4.31. The molecule has 0 spiro atoms. The van der Waals surface area contributed by atoms with Crippen molar-refractivity contribution in [1.29, 1.82) is 0 Å². The summed E-state index contributed by atoms with van der Waals surface area (Å²) in [7, 11) is 0. The average molecular weight is 360 g/mol. The second-order valence-corrected chi connectivity index (χ2v) is 7.06. The molecule has 1 saturated heterocycles. The molecule has 1 aliphatic rings. The molecule has 2 heterocycles. The first-order chi connectivity index (χ1) is 13.3. The standard InChI is InChI=1S/C22H24N4O/c27-22(21-15-23-19-11-4-5-12-20(19)25-21)24-14-18-10-6-7-13-26(18)16-17-8-2-1-3-9-17/h1-5,8-9,11-12,15,18H,6-7,10,13-14,16H2,(H,24,27). The summed E-state index contributed by atoms with van der Waals surface area (Å²) >= 11 is 0. The van der Waals surface area contributed by atoms with Crippen LogP contribution in [0.3, 0.4) is 0 Å². The summed E-state index contributed by atoms with van der Waals surface area (Å²) in [5.74, 6) is -0.154. The summed E-state index contributed by atoms with van der Waals surface area (Å²) in [5, 5.41) is 3.07. The van der Waals surface area contributed by atoms with Crippen LogP contribution in [0, 0.1) is 0 Å². The number of hydrogen-bond donors (Lipinski definition) is 1. The van der Waals surface area contributed by atoms with Crippen molar-refractivity contribution < 1.29 is 4.79 Å². The van der Waals surface area contributed by atoms with E-state index in [1.165, 1.54) is 18.4 Å². The number of piperidine rings is 1. The van der Waals surface area contributed by atoms with Gasteiger partial charge in [-0.15, -0.1) is 0 Å². The molecule has 4 rings (SSSR count). The van der Waals surface area contributed by atoms with Gasteiger partial charge in [-0.3, -0.25) is 14.7 Å². The van der Waals surface area contributed by atoms with Crippen LogP contribution in [-0.4, -0.2) is 39.9 Å². The van der Waals surface area contributed by atoms with Gasteiger partial charge < -0.3 is 5.32 Å². The topological polar surface area (TPSA) is 58.1 Å². The van der Waals surface area contributed by atoms with E-state index in [1.807, 2.05) is 30.3 Å². The molecule has 5 nitrogen and oxygen atoms in total. The van der Waals surface area contributed by atoms with E-state index in [4.69, 9.17) is 0 Å². The Balaban J connectivity index is 1.40. The van der Waals surface area contributed by atoms with Crippen molar-refractivity contribution in [3.05, 3.63) is 72.1 Å². The lowest BCUT2D eigenvalue weighted by Gasteiger charge is -2.35. The number of amides is 1. The van der Waals surface area contributed by atoms with Gasteiger partial charge in [-0.2, -0.15) is 0 Å². The van der Waals surface area contributed by atoms with Gasteiger partial charge in [-0.05, 0) is 37.1 Å². The minimum atomic E-state index is -0.154. The lowest BCUT2D eigenvalue weighted by molar-refractivity contribution is 0.0903. The fraction of sp³-hybridized carbons (Fsp3) is 0.318. The van der Waals surface area contributed by atoms with Gasteiger partial charge in [0.1, 0.15) is 5.69 Å². The van der Waals surface area contributed by atoms with Crippen LogP contribution in [0.1, 0.15) is 35.3 Å². The molecule has 27 heavy (non-hydrogen) atoms. The molecule has 0 aliphatic carbocycles. The van der Waals surface area contributed by atoms with E-state index in [0.29, 0.717) is 18.3 Å². The van der Waals surface area contributed by atoms with Crippen molar-refractivity contribution in [2.45, 2.75) is 31.8 Å². The van der Waals surface area contributed by atoms with Gasteiger partial charge in [-0.1, -0.05) is 48.9 Å². The zero-order valence-electron chi connectivity index (χ0n) is 15.3. The highest BCUT2D eigenvalue weighted by Gasteiger charge is 2.23. The van der Waals surface area contributed by atoms with Gasteiger partial charge in [0.15, 0.2) is 0 Å². The van der Waals surface area contributed by atoms with Gasteiger partial charge in [0, 0.05) is 19.1 Å². The third-order valence-corrected chi connectivity index (χ3v) is 5.16. The van der Waals surface area contributed by atoms with Crippen LogP contribution in [0.15, 0.2) is 60.8 Å². The van der Waals surface area contributed by atoms with Crippen molar-refractivity contribution in [1.82, 2.24) is 20.2 Å². The van der Waals surface area contributed by atoms with Gasteiger partial charge in [0.25, 0.3) is 5.91 Å². The largest absolute Gasteiger partial charge is 0.349 e. The van der Waals surface area contributed by atoms with Crippen LogP contribution < -0.4 is 5.32 Å². The Morgan fingerprint density at radius 1 is 1.04 bits per heavy atom. The molecule has 1 N–H and O–H groups in total. The first-order valence-corrected chi connectivity index (χ1v) is 9.57. The van der Waals surface area contributed by atoms with E-state index < -0.39 is 0 Å². The van der Waals surface area contributed by atoms with Crippen molar-refractivity contribution in [3.8, 4) is 0 Å². The number of carbonyl (C=O) groups is 1. The Labute approximate surface area is 159 Å². The maximum Gasteiger partial charge on any atom is 0.271 e. The number of benzene rings is 2. The van der Waals surface area contributed by atoms with Gasteiger partial charge in [0.05, 0.1) is 17.2 Å². The maximum absolute atomic E-state index is 12.6. The second-order valence-electron chi connectivity index (χ2n) is 7.06. The second kappa shape index (κ2) is 8.27. The van der Waals surface area contributed by atoms with Crippen LogP contribution in [0.4, 0.5) is 0 Å². The first kappa shape index (κ1) is 17.6. The normalized spacial score (nSPS) is 17.7. The van der Waals surface area contributed by atoms with Crippen LogP contribution in [0.5, 0.6) is 0 Å². The van der Waals surface area contributed by atoms with Crippen molar-refractivity contribution in [2.24, 2.45) is 0 Å². The summed E-state index contributed by atoms with van der Waals surface area (Å²) in [6.07, 6.45) is 5.09. The monoisotopic (exact) mass is 360 g/mol. The number of nitrogens with one attached hydrogen (secondary N) is 1. The molecule has 138 valence electrons. The Kier molecular flexibility index (Phi) is 5.39. The molecule has 1 aromatic heterocycles. The predicted octanol–water partition coefficient (Wildman–Crippen LogP) is 3.41. The van der Waals surface area contributed by atoms with Gasteiger partial charge >= 0.3 is 0 Å². The van der Waals surface area contributed by atoms with E-state index in [-0.39, 0.29) is 5.91 Å². The van der Waals surface area contributed by atoms with E-state index in [9.17, 15) is 4.79 Å². The Bertz CT molecular complexity index is 912.